The number of H-pyrrole nitrogens is 1. The van der Waals surface area contributed by atoms with E-state index in [1.807, 2.05) is 30.3 Å². The second-order valence-corrected chi connectivity index (χ2v) is 5.13. The Kier molecular flexibility index (Phi) is 4.24. The molecular formula is C17H13F2N3O2. The van der Waals surface area contributed by atoms with Gasteiger partial charge in [0.1, 0.15) is 17.3 Å². The molecule has 2 N–H and O–H groups in total. The molecule has 7 heteroatoms. The zero-order valence-corrected chi connectivity index (χ0v) is 12.4. The predicted molar refractivity (Wildman–Crippen MR) is 84.9 cm³/mol. The number of benzene rings is 2. The number of nitrogens with one attached hydrogen (secondary N) is 2. The molecule has 0 fully saturated rings. The van der Waals surface area contributed by atoms with Crippen molar-refractivity contribution in [3.8, 4) is 0 Å². The maximum atomic E-state index is 13.6. The minimum Gasteiger partial charge on any atom is -0.318 e. The van der Waals surface area contributed by atoms with E-state index in [2.05, 4.69) is 10.3 Å². The van der Waals surface area contributed by atoms with Gasteiger partial charge in [-0.3, -0.25) is 9.36 Å². The molecule has 24 heavy (non-hydrogen) atoms. The lowest BCUT2D eigenvalue weighted by molar-refractivity contribution is 0.101. The molecule has 0 aliphatic rings. The topological polar surface area (TPSA) is 66.9 Å². The first-order chi connectivity index (χ1) is 11.5. The van der Waals surface area contributed by atoms with E-state index in [4.69, 9.17) is 0 Å². The second-order valence-electron chi connectivity index (χ2n) is 5.13. The Balaban J connectivity index is 1.88. The Bertz CT molecular complexity index is 933. The molecule has 0 saturated carbocycles. The largest absolute Gasteiger partial charge is 0.326 e. The number of carbonyl (C=O) groups is 1. The van der Waals surface area contributed by atoms with Gasteiger partial charge in [-0.2, -0.15) is 0 Å². The first-order valence-corrected chi connectivity index (χ1v) is 7.13. The minimum absolute atomic E-state index is 0.0208. The molecule has 0 unspecified atom stereocenters. The molecule has 0 atom stereocenters. The monoisotopic (exact) mass is 329 g/mol. The number of aromatic amines is 1. The van der Waals surface area contributed by atoms with Gasteiger partial charge in [-0.1, -0.05) is 30.3 Å². The average molecular weight is 329 g/mol. The molecule has 0 saturated heterocycles. The molecule has 0 radical (unpaired) electrons. The fourth-order valence-corrected chi connectivity index (χ4v) is 2.29. The third kappa shape index (κ3) is 3.24. The van der Waals surface area contributed by atoms with E-state index in [-0.39, 0.29) is 17.9 Å². The number of halogens is 2. The molecule has 122 valence electrons. The van der Waals surface area contributed by atoms with Crippen molar-refractivity contribution in [2.75, 3.05) is 5.32 Å². The van der Waals surface area contributed by atoms with Crippen LogP contribution in [0.4, 0.5) is 14.5 Å². The Morgan fingerprint density at radius 2 is 1.88 bits per heavy atom. The number of aromatic nitrogens is 2. The molecular weight excluding hydrogens is 316 g/mol. The summed E-state index contributed by atoms with van der Waals surface area (Å²) in [7, 11) is 0. The Morgan fingerprint density at radius 3 is 2.62 bits per heavy atom. The summed E-state index contributed by atoms with van der Waals surface area (Å²) in [6.45, 7) is 0.178. The average Bonchev–Trinajstić information content (AvgIpc) is 2.93. The highest BCUT2D eigenvalue weighted by molar-refractivity contribution is 6.03. The van der Waals surface area contributed by atoms with Gasteiger partial charge in [0.05, 0.1) is 12.2 Å². The summed E-state index contributed by atoms with van der Waals surface area (Å²) in [5.41, 5.74) is 0.0846. The quantitative estimate of drug-likeness (QED) is 0.773. The lowest BCUT2D eigenvalue weighted by Gasteiger charge is -2.09. The summed E-state index contributed by atoms with van der Waals surface area (Å²) in [4.78, 5) is 26.7. The normalized spacial score (nSPS) is 10.6. The summed E-state index contributed by atoms with van der Waals surface area (Å²) >= 11 is 0. The van der Waals surface area contributed by atoms with Crippen molar-refractivity contribution in [3.63, 3.8) is 0 Å². The minimum atomic E-state index is -0.766. The van der Waals surface area contributed by atoms with Crippen molar-refractivity contribution in [2.24, 2.45) is 0 Å². The molecule has 1 aromatic heterocycles. The van der Waals surface area contributed by atoms with Crippen LogP contribution in [0, 0.1) is 11.6 Å². The van der Waals surface area contributed by atoms with E-state index in [0.29, 0.717) is 0 Å². The zero-order valence-electron chi connectivity index (χ0n) is 12.4. The van der Waals surface area contributed by atoms with Crippen molar-refractivity contribution < 1.29 is 13.6 Å². The Labute approximate surface area is 135 Å². The van der Waals surface area contributed by atoms with Crippen molar-refractivity contribution >= 4 is 11.6 Å². The van der Waals surface area contributed by atoms with E-state index in [0.717, 1.165) is 23.8 Å². The van der Waals surface area contributed by atoms with Crippen molar-refractivity contribution in [1.29, 1.82) is 0 Å². The van der Waals surface area contributed by atoms with Crippen LogP contribution in [0.2, 0.25) is 0 Å². The predicted octanol–water partition coefficient (Wildman–Crippen LogP) is 2.76. The SMILES string of the molecule is O=C(Nc1cc(F)ccc1F)c1c[nH]c(=O)n1Cc1ccccc1. The van der Waals surface area contributed by atoms with E-state index in [1.54, 1.807) is 0 Å². The van der Waals surface area contributed by atoms with Crippen LogP contribution >= 0.6 is 0 Å². The van der Waals surface area contributed by atoms with Crippen LogP contribution in [-0.2, 0) is 6.54 Å². The number of carbonyl (C=O) groups excluding carboxylic acids is 1. The van der Waals surface area contributed by atoms with Gasteiger partial charge >= 0.3 is 5.69 Å². The van der Waals surface area contributed by atoms with E-state index in [1.165, 1.54) is 10.8 Å². The number of rotatable bonds is 4. The Hall–Kier alpha value is -3.22. The van der Waals surface area contributed by atoms with Crippen molar-refractivity contribution in [3.05, 3.63) is 88.1 Å². The number of anilines is 1. The summed E-state index contributed by atoms with van der Waals surface area (Å²) in [6.07, 6.45) is 1.23. The number of imidazole rings is 1. The summed E-state index contributed by atoms with van der Waals surface area (Å²) in [5.74, 6) is -2.16. The Morgan fingerprint density at radius 1 is 1.12 bits per heavy atom. The van der Waals surface area contributed by atoms with Crippen LogP contribution in [0.5, 0.6) is 0 Å². The van der Waals surface area contributed by atoms with Gasteiger partial charge in [0.2, 0.25) is 0 Å². The van der Waals surface area contributed by atoms with Gasteiger partial charge in [0, 0.05) is 12.3 Å². The third-order valence-corrected chi connectivity index (χ3v) is 3.46. The first kappa shape index (κ1) is 15.7. The molecule has 0 aliphatic carbocycles. The van der Waals surface area contributed by atoms with Gasteiger partial charge in [-0.25, -0.2) is 13.6 Å². The molecule has 2 aromatic carbocycles. The van der Waals surface area contributed by atoms with Crippen LogP contribution in [-0.4, -0.2) is 15.5 Å². The highest BCUT2D eigenvalue weighted by Crippen LogP contribution is 2.16. The van der Waals surface area contributed by atoms with Crippen LogP contribution in [0.15, 0.2) is 59.5 Å². The van der Waals surface area contributed by atoms with Crippen LogP contribution < -0.4 is 11.0 Å². The number of hydrogen-bond donors (Lipinski definition) is 2. The van der Waals surface area contributed by atoms with Crippen LogP contribution in [0.3, 0.4) is 0 Å². The number of nitrogens with zero attached hydrogens (tertiary/aromatic N) is 1. The van der Waals surface area contributed by atoms with Gasteiger partial charge in [-0.15, -0.1) is 0 Å². The lowest BCUT2D eigenvalue weighted by atomic mass is 10.2. The van der Waals surface area contributed by atoms with Gasteiger partial charge < -0.3 is 10.3 Å². The highest BCUT2D eigenvalue weighted by Gasteiger charge is 2.16. The molecule has 3 aromatic rings. The summed E-state index contributed by atoms with van der Waals surface area (Å²) in [6, 6.07) is 11.8. The van der Waals surface area contributed by atoms with Gasteiger partial charge in [-0.05, 0) is 17.7 Å². The smallest absolute Gasteiger partial charge is 0.318 e. The number of amides is 1. The van der Waals surface area contributed by atoms with Gasteiger partial charge in [0.25, 0.3) is 5.91 Å². The van der Waals surface area contributed by atoms with Crippen molar-refractivity contribution in [1.82, 2.24) is 9.55 Å². The lowest BCUT2D eigenvalue weighted by Crippen LogP contribution is -2.24. The molecule has 1 heterocycles. The highest BCUT2D eigenvalue weighted by atomic mass is 19.1. The van der Waals surface area contributed by atoms with E-state index < -0.39 is 23.2 Å². The van der Waals surface area contributed by atoms with Crippen LogP contribution in [0.1, 0.15) is 16.1 Å². The zero-order chi connectivity index (χ0) is 17.1. The molecule has 0 aliphatic heterocycles. The fourth-order valence-electron chi connectivity index (χ4n) is 2.29. The summed E-state index contributed by atoms with van der Waals surface area (Å²) in [5, 5.41) is 2.27. The molecule has 3 rings (SSSR count). The first-order valence-electron chi connectivity index (χ1n) is 7.13. The third-order valence-electron chi connectivity index (χ3n) is 3.46. The molecule has 0 bridgehead atoms. The van der Waals surface area contributed by atoms with Gasteiger partial charge in [0.15, 0.2) is 0 Å². The van der Waals surface area contributed by atoms with Crippen molar-refractivity contribution in [2.45, 2.75) is 6.54 Å². The number of hydrogen-bond acceptors (Lipinski definition) is 2. The maximum absolute atomic E-state index is 13.6. The van der Waals surface area contributed by atoms with E-state index >= 15 is 0 Å². The van der Waals surface area contributed by atoms with E-state index in [9.17, 15) is 18.4 Å². The maximum Gasteiger partial charge on any atom is 0.326 e. The second kappa shape index (κ2) is 6.49. The van der Waals surface area contributed by atoms with Crippen LogP contribution in [0.25, 0.3) is 0 Å². The molecule has 0 spiro atoms. The molecule has 5 nitrogen and oxygen atoms in total. The standard InChI is InChI=1S/C17H13F2N3O2/c18-12-6-7-13(19)14(8-12)21-16(23)15-9-20-17(24)22(15)10-11-4-2-1-3-5-11/h1-9H,10H2,(H,20,24)(H,21,23). The summed E-state index contributed by atoms with van der Waals surface area (Å²) < 4.78 is 28.1. The molecule has 1 amide bonds. The fraction of sp³-hybridized carbons (Fsp3) is 0.0588.